The molecule has 0 spiro atoms. The van der Waals surface area contributed by atoms with Crippen LogP contribution in [0.15, 0.2) is 6.20 Å². The average molecular weight is 212 g/mol. The molecule has 1 fully saturated rings. The molecule has 1 aromatic heterocycles. The maximum absolute atomic E-state index is 10.4. The van der Waals surface area contributed by atoms with Gasteiger partial charge in [-0.25, -0.2) is 4.98 Å². The second kappa shape index (κ2) is 4.37. The van der Waals surface area contributed by atoms with E-state index in [2.05, 4.69) is 14.9 Å². The Labute approximate surface area is 86.2 Å². The lowest BCUT2D eigenvalue weighted by molar-refractivity contribution is -0.393. The van der Waals surface area contributed by atoms with Crippen molar-refractivity contribution >= 4 is 5.95 Å². The predicted octanol–water partition coefficient (Wildman–Crippen LogP) is 0.150. The van der Waals surface area contributed by atoms with E-state index < -0.39 is 4.92 Å². The van der Waals surface area contributed by atoms with Crippen molar-refractivity contribution in [3.05, 3.63) is 22.0 Å². The molecule has 0 bridgehead atoms. The van der Waals surface area contributed by atoms with Gasteiger partial charge in [0.05, 0.1) is 19.8 Å². The van der Waals surface area contributed by atoms with E-state index >= 15 is 0 Å². The number of morpholine rings is 1. The van der Waals surface area contributed by atoms with E-state index in [1.807, 2.05) is 0 Å². The molecule has 1 N–H and O–H groups in total. The molecule has 1 aliphatic heterocycles. The monoisotopic (exact) mass is 212 g/mol. The summed E-state index contributed by atoms with van der Waals surface area (Å²) in [6.45, 7) is 3.76. The van der Waals surface area contributed by atoms with Crippen LogP contribution in [0.5, 0.6) is 0 Å². The summed E-state index contributed by atoms with van der Waals surface area (Å²) in [6, 6.07) is 0. The number of ether oxygens (including phenoxy) is 1. The molecule has 82 valence electrons. The lowest BCUT2D eigenvalue weighted by Crippen LogP contribution is -2.35. The van der Waals surface area contributed by atoms with Crippen molar-refractivity contribution in [3.63, 3.8) is 0 Å². The van der Waals surface area contributed by atoms with E-state index in [9.17, 15) is 10.1 Å². The van der Waals surface area contributed by atoms with Gasteiger partial charge in [-0.15, -0.1) is 0 Å². The fourth-order valence-corrected chi connectivity index (χ4v) is 1.51. The predicted molar refractivity (Wildman–Crippen MR) is 51.3 cm³/mol. The molecular formula is C8H12N4O3. The van der Waals surface area contributed by atoms with Gasteiger partial charge in [0, 0.05) is 13.1 Å². The van der Waals surface area contributed by atoms with Crippen molar-refractivity contribution < 1.29 is 9.66 Å². The van der Waals surface area contributed by atoms with Gasteiger partial charge in [-0.3, -0.25) is 4.90 Å². The highest BCUT2D eigenvalue weighted by Gasteiger charge is 2.16. The normalized spacial score (nSPS) is 17.9. The summed E-state index contributed by atoms with van der Waals surface area (Å²) in [5.41, 5.74) is 0.698. The van der Waals surface area contributed by atoms with E-state index in [1.54, 1.807) is 6.20 Å². The van der Waals surface area contributed by atoms with Crippen LogP contribution in [0.2, 0.25) is 0 Å². The minimum Gasteiger partial charge on any atom is -0.390 e. The molecule has 7 heteroatoms. The Kier molecular flexibility index (Phi) is 2.93. The molecule has 0 radical (unpaired) electrons. The van der Waals surface area contributed by atoms with Gasteiger partial charge in [-0.1, -0.05) is 4.98 Å². The molecule has 0 atom stereocenters. The molecule has 1 saturated heterocycles. The van der Waals surface area contributed by atoms with Gasteiger partial charge in [0.25, 0.3) is 0 Å². The summed E-state index contributed by atoms with van der Waals surface area (Å²) in [7, 11) is 0. The van der Waals surface area contributed by atoms with Gasteiger partial charge >= 0.3 is 5.95 Å². The molecule has 0 amide bonds. The zero-order valence-corrected chi connectivity index (χ0v) is 8.18. The van der Waals surface area contributed by atoms with Gasteiger partial charge in [0.15, 0.2) is 5.69 Å². The average Bonchev–Trinajstić information content (AvgIpc) is 2.68. The summed E-state index contributed by atoms with van der Waals surface area (Å²) in [5, 5.41) is 10.4. The van der Waals surface area contributed by atoms with E-state index in [0.717, 1.165) is 13.1 Å². The first-order valence-electron chi connectivity index (χ1n) is 4.74. The Hall–Kier alpha value is -1.47. The molecule has 2 rings (SSSR count). The molecule has 1 aliphatic rings. The Bertz CT molecular complexity index is 345. The van der Waals surface area contributed by atoms with Crippen LogP contribution in [0.25, 0.3) is 0 Å². The minimum atomic E-state index is -0.525. The number of imidazole rings is 1. The van der Waals surface area contributed by atoms with Crippen LogP contribution in [0, 0.1) is 10.1 Å². The lowest BCUT2D eigenvalue weighted by atomic mass is 10.3. The Morgan fingerprint density at radius 3 is 2.93 bits per heavy atom. The molecule has 0 saturated carbocycles. The van der Waals surface area contributed by atoms with E-state index in [4.69, 9.17) is 4.74 Å². The van der Waals surface area contributed by atoms with Crippen molar-refractivity contribution in [3.8, 4) is 0 Å². The zero-order valence-electron chi connectivity index (χ0n) is 8.18. The van der Waals surface area contributed by atoms with Gasteiger partial charge < -0.3 is 14.9 Å². The number of H-pyrrole nitrogens is 1. The first-order valence-corrected chi connectivity index (χ1v) is 4.74. The largest absolute Gasteiger partial charge is 0.432 e. The quantitative estimate of drug-likeness (QED) is 0.569. The number of nitrogens with zero attached hydrogens (tertiary/aromatic N) is 3. The first kappa shape index (κ1) is 10.1. The molecule has 0 aliphatic carbocycles. The smallest absolute Gasteiger partial charge is 0.390 e. The highest BCUT2D eigenvalue weighted by Crippen LogP contribution is 2.08. The third-order valence-electron chi connectivity index (χ3n) is 2.28. The maximum atomic E-state index is 10.4. The van der Waals surface area contributed by atoms with Crippen LogP contribution in [-0.2, 0) is 11.3 Å². The van der Waals surface area contributed by atoms with Crippen LogP contribution in [0.4, 0.5) is 5.95 Å². The van der Waals surface area contributed by atoms with Crippen molar-refractivity contribution in [2.75, 3.05) is 26.3 Å². The van der Waals surface area contributed by atoms with Crippen molar-refractivity contribution in [2.45, 2.75) is 6.54 Å². The van der Waals surface area contributed by atoms with Crippen LogP contribution < -0.4 is 0 Å². The Morgan fingerprint density at radius 2 is 2.33 bits per heavy atom. The SMILES string of the molecule is O=[N+]([O-])c1nc(CN2CCOCC2)c[nH]1. The second-order valence-corrected chi connectivity index (χ2v) is 3.36. The van der Waals surface area contributed by atoms with Gasteiger partial charge in [0.1, 0.15) is 6.20 Å². The zero-order chi connectivity index (χ0) is 10.7. The van der Waals surface area contributed by atoms with Crippen LogP contribution >= 0.6 is 0 Å². The second-order valence-electron chi connectivity index (χ2n) is 3.36. The fourth-order valence-electron chi connectivity index (χ4n) is 1.51. The van der Waals surface area contributed by atoms with Gasteiger partial charge in [-0.05, 0) is 4.92 Å². The van der Waals surface area contributed by atoms with Gasteiger partial charge in [-0.2, -0.15) is 0 Å². The van der Waals surface area contributed by atoms with Crippen LogP contribution in [0.1, 0.15) is 5.69 Å². The Balaban J connectivity index is 1.94. The summed E-state index contributed by atoms with van der Waals surface area (Å²) in [5.74, 6) is -0.196. The summed E-state index contributed by atoms with van der Waals surface area (Å²) >= 11 is 0. The lowest BCUT2D eigenvalue weighted by Gasteiger charge is -2.24. The highest BCUT2D eigenvalue weighted by atomic mass is 16.6. The highest BCUT2D eigenvalue weighted by molar-refractivity contribution is 5.10. The molecule has 0 unspecified atom stereocenters. The standard InChI is InChI=1S/C8H12N4O3/c13-12(14)8-9-5-7(10-8)6-11-1-3-15-4-2-11/h5H,1-4,6H2,(H,9,10). The number of aromatic nitrogens is 2. The number of aromatic amines is 1. The van der Waals surface area contributed by atoms with Crippen LogP contribution in [0.3, 0.4) is 0 Å². The molecule has 2 heterocycles. The molecule has 0 aromatic carbocycles. The summed E-state index contributed by atoms with van der Waals surface area (Å²) in [6.07, 6.45) is 1.58. The van der Waals surface area contributed by atoms with Crippen molar-refractivity contribution in [1.29, 1.82) is 0 Å². The van der Waals surface area contributed by atoms with E-state index in [-0.39, 0.29) is 5.95 Å². The molecular weight excluding hydrogens is 200 g/mol. The topological polar surface area (TPSA) is 84.3 Å². The van der Waals surface area contributed by atoms with E-state index in [0.29, 0.717) is 25.5 Å². The van der Waals surface area contributed by atoms with Crippen LogP contribution in [-0.4, -0.2) is 46.1 Å². The van der Waals surface area contributed by atoms with Gasteiger partial charge in [0.2, 0.25) is 0 Å². The number of hydrogen-bond acceptors (Lipinski definition) is 5. The maximum Gasteiger partial charge on any atom is 0.432 e. The third-order valence-corrected chi connectivity index (χ3v) is 2.28. The first-order chi connectivity index (χ1) is 7.25. The molecule has 7 nitrogen and oxygen atoms in total. The number of rotatable bonds is 3. The number of nitrogens with one attached hydrogen (secondary N) is 1. The van der Waals surface area contributed by atoms with E-state index in [1.165, 1.54) is 0 Å². The van der Waals surface area contributed by atoms with Crippen molar-refractivity contribution in [1.82, 2.24) is 14.9 Å². The minimum absolute atomic E-state index is 0.196. The Morgan fingerprint density at radius 1 is 1.60 bits per heavy atom. The third kappa shape index (κ3) is 2.51. The summed E-state index contributed by atoms with van der Waals surface area (Å²) < 4.78 is 5.20. The fraction of sp³-hybridized carbons (Fsp3) is 0.625. The number of hydrogen-bond donors (Lipinski definition) is 1. The molecule has 1 aromatic rings. The molecule has 15 heavy (non-hydrogen) atoms. The number of nitro groups is 1. The van der Waals surface area contributed by atoms with Crippen molar-refractivity contribution in [2.24, 2.45) is 0 Å². The summed E-state index contributed by atoms with van der Waals surface area (Å²) in [4.78, 5) is 18.4.